The molecule has 0 aliphatic carbocycles. The molecule has 0 aliphatic rings. The van der Waals surface area contributed by atoms with E-state index in [2.05, 4.69) is 0 Å². The van der Waals surface area contributed by atoms with Crippen LogP contribution in [0.5, 0.6) is 0 Å². The van der Waals surface area contributed by atoms with Gasteiger partial charge in [0.2, 0.25) is 0 Å². The summed E-state index contributed by atoms with van der Waals surface area (Å²) in [5.41, 5.74) is 0. The molecule has 4 aromatic carbocycles. The Hall–Kier alpha value is -2.26. The Kier molecular flexibility index (Phi) is 7.18. The number of fused-ring (bicyclic) bond motifs is 2. The van der Waals surface area contributed by atoms with Gasteiger partial charge in [0.25, 0.3) is 0 Å². The van der Waals surface area contributed by atoms with Crippen molar-refractivity contribution in [3.63, 3.8) is 0 Å². The van der Waals surface area contributed by atoms with Gasteiger partial charge < -0.3 is 9.11 Å². The maximum Gasteiger partial charge on any atom is 2.00 e. The van der Waals surface area contributed by atoms with E-state index in [0.29, 0.717) is 0 Å². The second-order valence-corrected chi connectivity index (χ2v) is 8.69. The van der Waals surface area contributed by atoms with Crippen LogP contribution < -0.4 is 0 Å². The molecular weight excluding hydrogens is 456 g/mol. The zero-order valence-corrected chi connectivity index (χ0v) is 17.4. The van der Waals surface area contributed by atoms with Crippen molar-refractivity contribution in [1.82, 2.24) is 0 Å². The molecule has 0 saturated heterocycles. The summed E-state index contributed by atoms with van der Waals surface area (Å²) in [6, 6.07) is 23.2. The van der Waals surface area contributed by atoms with Gasteiger partial charge in [-0.1, -0.05) is 60.7 Å². The molecule has 0 amide bonds. The van der Waals surface area contributed by atoms with Crippen LogP contribution in [0.1, 0.15) is 0 Å². The largest absolute Gasteiger partial charge is 2.00 e. The van der Waals surface area contributed by atoms with Gasteiger partial charge in [-0.3, -0.25) is 0 Å². The monoisotopic (exact) mass is 470 g/mol. The molecule has 4 rings (SSSR count). The molecule has 150 valence electrons. The first-order valence-corrected chi connectivity index (χ1v) is 10.9. The van der Waals surface area contributed by atoms with Gasteiger partial charge in [-0.15, -0.1) is 0 Å². The summed E-state index contributed by atoms with van der Waals surface area (Å²) in [7, 11) is -8.69. The SMILES string of the molecule is O=S(=O)([O-])c1ccc2ccccc2c1.O=S(=O)([O-])c1ccc2ccccc2c1.[Fe+2]. The molecule has 0 radical (unpaired) electrons. The van der Waals surface area contributed by atoms with Gasteiger partial charge in [0.15, 0.2) is 0 Å². The molecule has 0 unspecified atom stereocenters. The van der Waals surface area contributed by atoms with E-state index in [4.69, 9.17) is 0 Å². The van der Waals surface area contributed by atoms with Gasteiger partial charge in [-0.25, -0.2) is 16.8 Å². The Balaban J connectivity index is 0.000000200. The average Bonchev–Trinajstić information content (AvgIpc) is 2.66. The second-order valence-electron chi connectivity index (χ2n) is 5.93. The minimum Gasteiger partial charge on any atom is -0.744 e. The van der Waals surface area contributed by atoms with Crippen molar-refractivity contribution in [3.8, 4) is 0 Å². The van der Waals surface area contributed by atoms with Crippen LogP contribution in [0.4, 0.5) is 0 Å². The van der Waals surface area contributed by atoms with E-state index in [-0.39, 0.29) is 26.9 Å². The van der Waals surface area contributed by atoms with Crippen molar-refractivity contribution in [3.05, 3.63) is 84.9 Å². The molecule has 0 fully saturated rings. The standard InChI is InChI=1S/2C10H8O3S.Fe/c2*11-14(12,13)10-6-5-8-3-1-2-4-9(8)7-10;/h2*1-7H,(H,11,12,13);/q;;+2/p-2. The molecule has 0 saturated carbocycles. The van der Waals surface area contributed by atoms with Crippen molar-refractivity contribution < 1.29 is 43.0 Å². The van der Waals surface area contributed by atoms with Crippen molar-refractivity contribution in [2.45, 2.75) is 9.79 Å². The first-order valence-electron chi connectivity index (χ1n) is 8.04. The molecule has 0 aliphatic heterocycles. The number of hydrogen-bond donors (Lipinski definition) is 0. The van der Waals surface area contributed by atoms with E-state index in [1.165, 1.54) is 24.3 Å². The molecule has 0 heterocycles. The van der Waals surface area contributed by atoms with E-state index in [9.17, 15) is 25.9 Å². The molecule has 29 heavy (non-hydrogen) atoms. The Morgan fingerprint density at radius 2 is 0.793 bits per heavy atom. The van der Waals surface area contributed by atoms with E-state index >= 15 is 0 Å². The summed E-state index contributed by atoms with van der Waals surface area (Å²) in [5, 5.41) is 3.34. The van der Waals surface area contributed by atoms with E-state index in [0.717, 1.165) is 21.5 Å². The summed E-state index contributed by atoms with van der Waals surface area (Å²) >= 11 is 0. The maximum atomic E-state index is 10.7. The van der Waals surface area contributed by atoms with Crippen LogP contribution in [0.2, 0.25) is 0 Å². The Bertz CT molecular complexity index is 1260. The van der Waals surface area contributed by atoms with Gasteiger partial charge in [0, 0.05) is 0 Å². The van der Waals surface area contributed by atoms with Crippen LogP contribution in [0.3, 0.4) is 0 Å². The van der Waals surface area contributed by atoms with Crippen LogP contribution in [0.15, 0.2) is 94.7 Å². The minimum atomic E-state index is -4.34. The summed E-state index contributed by atoms with van der Waals surface area (Å²) in [4.78, 5) is -0.368. The summed E-state index contributed by atoms with van der Waals surface area (Å²) in [6.07, 6.45) is 0. The van der Waals surface area contributed by atoms with Crippen LogP contribution in [-0.2, 0) is 37.3 Å². The van der Waals surface area contributed by atoms with Crippen molar-refractivity contribution in [2.75, 3.05) is 0 Å². The fraction of sp³-hybridized carbons (Fsp3) is 0. The predicted molar refractivity (Wildman–Crippen MR) is 104 cm³/mol. The molecule has 0 N–H and O–H groups in total. The topological polar surface area (TPSA) is 114 Å². The normalized spacial score (nSPS) is 11.4. The van der Waals surface area contributed by atoms with Crippen LogP contribution >= 0.6 is 0 Å². The fourth-order valence-corrected chi connectivity index (χ4v) is 3.66. The molecular formula is C20H14FeO6S2. The smallest absolute Gasteiger partial charge is 0.744 e. The molecule has 0 aromatic heterocycles. The number of rotatable bonds is 2. The Labute approximate surface area is 179 Å². The summed E-state index contributed by atoms with van der Waals surface area (Å²) < 4.78 is 64.3. The number of hydrogen-bond acceptors (Lipinski definition) is 6. The second kappa shape index (κ2) is 9.04. The fourth-order valence-electron chi connectivity index (χ4n) is 2.65. The van der Waals surface area contributed by atoms with Crippen molar-refractivity contribution in [1.29, 1.82) is 0 Å². The Morgan fingerprint density at radius 3 is 1.10 bits per heavy atom. The third-order valence-corrected chi connectivity index (χ3v) is 5.68. The Morgan fingerprint density at radius 1 is 0.483 bits per heavy atom. The molecule has 9 heteroatoms. The summed E-state index contributed by atoms with van der Waals surface area (Å²) in [5.74, 6) is 0. The van der Waals surface area contributed by atoms with E-state index in [1.54, 1.807) is 36.4 Å². The van der Waals surface area contributed by atoms with Crippen molar-refractivity contribution >= 4 is 41.8 Å². The molecule has 0 spiro atoms. The van der Waals surface area contributed by atoms with E-state index < -0.39 is 20.2 Å². The van der Waals surface area contributed by atoms with Gasteiger partial charge in [0.05, 0.1) is 9.79 Å². The van der Waals surface area contributed by atoms with E-state index in [1.807, 2.05) is 24.3 Å². The molecule has 0 bridgehead atoms. The van der Waals surface area contributed by atoms with Gasteiger partial charge in [0.1, 0.15) is 20.2 Å². The first kappa shape index (κ1) is 23.0. The number of benzene rings is 4. The molecule has 6 nitrogen and oxygen atoms in total. The zero-order chi connectivity index (χ0) is 20.4. The predicted octanol–water partition coefficient (Wildman–Crippen LogP) is 3.49. The van der Waals surface area contributed by atoms with Gasteiger partial charge in [-0.2, -0.15) is 0 Å². The van der Waals surface area contributed by atoms with Crippen LogP contribution in [0.25, 0.3) is 21.5 Å². The van der Waals surface area contributed by atoms with Crippen LogP contribution in [0, 0.1) is 0 Å². The quantitative estimate of drug-likeness (QED) is 0.327. The zero-order valence-electron chi connectivity index (χ0n) is 14.7. The average molecular weight is 470 g/mol. The molecule has 4 aromatic rings. The van der Waals surface area contributed by atoms with Crippen molar-refractivity contribution in [2.24, 2.45) is 0 Å². The third kappa shape index (κ3) is 5.86. The minimum absolute atomic E-state index is 0. The maximum absolute atomic E-state index is 10.7. The first-order chi connectivity index (χ1) is 13.1. The summed E-state index contributed by atoms with van der Waals surface area (Å²) in [6.45, 7) is 0. The van der Waals surface area contributed by atoms with Gasteiger partial charge >= 0.3 is 17.1 Å². The third-order valence-electron chi connectivity index (χ3n) is 4.02. The van der Waals surface area contributed by atoms with Gasteiger partial charge in [-0.05, 0) is 45.8 Å². The molecule has 0 atom stereocenters. The van der Waals surface area contributed by atoms with Crippen LogP contribution in [-0.4, -0.2) is 25.9 Å².